The van der Waals surface area contributed by atoms with Gasteiger partial charge in [0.15, 0.2) is 12.0 Å². The van der Waals surface area contributed by atoms with E-state index in [2.05, 4.69) is 46.2 Å². The van der Waals surface area contributed by atoms with Crippen LogP contribution in [-0.4, -0.2) is 62.1 Å². The smallest absolute Gasteiger partial charge is 0.269 e. The maximum atomic E-state index is 12.2. The number of hydrogen-bond donors (Lipinski definition) is 1. The number of amides is 1. The van der Waals surface area contributed by atoms with E-state index in [0.29, 0.717) is 48.0 Å². The number of primary amides is 1. The van der Waals surface area contributed by atoms with Gasteiger partial charge in [-0.25, -0.2) is 4.68 Å². The molecule has 3 aromatic rings. The highest BCUT2D eigenvalue weighted by atomic mass is 16.5. The third-order valence-electron chi connectivity index (χ3n) is 7.27. The molecule has 9 nitrogen and oxygen atoms in total. The van der Waals surface area contributed by atoms with E-state index in [1.165, 1.54) is 4.68 Å². The molecule has 1 amide bonds. The van der Waals surface area contributed by atoms with Crippen molar-refractivity contribution in [2.75, 3.05) is 37.5 Å². The first kappa shape index (κ1) is 25.9. The number of likely N-dealkylation sites (N-methyl/N-ethyl adjacent to an activating group) is 1. The summed E-state index contributed by atoms with van der Waals surface area (Å²) in [5.41, 5.74) is 9.27. The lowest BCUT2D eigenvalue weighted by Crippen LogP contribution is -2.29. The van der Waals surface area contributed by atoms with Gasteiger partial charge in [0.1, 0.15) is 17.7 Å². The summed E-state index contributed by atoms with van der Waals surface area (Å²) in [4.78, 5) is 39.7. The van der Waals surface area contributed by atoms with Gasteiger partial charge in [-0.05, 0) is 74.2 Å². The summed E-state index contributed by atoms with van der Waals surface area (Å²) >= 11 is 0. The predicted octanol–water partition coefficient (Wildman–Crippen LogP) is 3.28. The minimum atomic E-state index is -0.677. The van der Waals surface area contributed by atoms with Crippen LogP contribution in [0.1, 0.15) is 45.8 Å². The summed E-state index contributed by atoms with van der Waals surface area (Å²) < 4.78 is 6.65. The van der Waals surface area contributed by atoms with Gasteiger partial charge in [-0.3, -0.25) is 9.59 Å². The molecule has 2 atom stereocenters. The van der Waals surface area contributed by atoms with Crippen molar-refractivity contribution in [3.63, 3.8) is 0 Å². The van der Waals surface area contributed by atoms with Crippen LogP contribution in [0.4, 0.5) is 11.4 Å². The third-order valence-corrected chi connectivity index (χ3v) is 7.27. The van der Waals surface area contributed by atoms with E-state index >= 15 is 0 Å². The van der Waals surface area contributed by atoms with Gasteiger partial charge < -0.3 is 25.1 Å². The number of nitrogens with zero attached hydrogens (tertiary/aromatic N) is 4. The summed E-state index contributed by atoms with van der Waals surface area (Å²) in [6.45, 7) is 0.550. The van der Waals surface area contributed by atoms with Crippen LogP contribution in [0.5, 0.6) is 5.75 Å². The molecule has 1 aliphatic carbocycles. The SMILES string of the molecule is COc1ccc(-n2nc(C(N)=O)c(CCN(C)c3ccc(N(C)C4CCC(C=O)C4)cc3)c2C=O)cc1. The average molecular weight is 504 g/mol. The summed E-state index contributed by atoms with van der Waals surface area (Å²) in [6, 6.07) is 15.7. The molecule has 0 saturated heterocycles. The monoisotopic (exact) mass is 503 g/mol. The Hall–Kier alpha value is -4.14. The molecule has 194 valence electrons. The fourth-order valence-corrected chi connectivity index (χ4v) is 4.98. The van der Waals surface area contributed by atoms with Crippen molar-refractivity contribution in [3.05, 3.63) is 65.5 Å². The number of benzene rings is 2. The second-order valence-electron chi connectivity index (χ2n) is 9.47. The molecule has 0 aliphatic heterocycles. The number of methoxy groups -OCH3 is 1. The first-order chi connectivity index (χ1) is 17.9. The Morgan fingerprint density at radius 3 is 2.32 bits per heavy atom. The average Bonchev–Trinajstić information content (AvgIpc) is 3.56. The summed E-state index contributed by atoms with van der Waals surface area (Å²) in [5.74, 6) is 0.156. The maximum Gasteiger partial charge on any atom is 0.269 e. The van der Waals surface area contributed by atoms with E-state index in [1.807, 2.05) is 7.05 Å². The zero-order valence-corrected chi connectivity index (χ0v) is 21.5. The van der Waals surface area contributed by atoms with Crippen LogP contribution in [0, 0.1) is 5.92 Å². The van der Waals surface area contributed by atoms with E-state index in [9.17, 15) is 14.4 Å². The normalized spacial score (nSPS) is 16.8. The van der Waals surface area contributed by atoms with Crippen LogP contribution >= 0.6 is 0 Å². The Labute approximate surface area is 216 Å². The molecule has 2 aromatic carbocycles. The number of ether oxygens (including phenoxy) is 1. The topological polar surface area (TPSA) is 111 Å². The highest BCUT2D eigenvalue weighted by molar-refractivity contribution is 5.95. The minimum absolute atomic E-state index is 0.0912. The second kappa shape index (κ2) is 11.3. The number of carbonyl (C=O) groups excluding carboxylic acids is 3. The van der Waals surface area contributed by atoms with E-state index in [4.69, 9.17) is 10.5 Å². The van der Waals surface area contributed by atoms with Gasteiger partial charge in [-0.2, -0.15) is 5.10 Å². The Morgan fingerprint density at radius 2 is 1.76 bits per heavy atom. The van der Waals surface area contributed by atoms with Gasteiger partial charge >= 0.3 is 0 Å². The highest BCUT2D eigenvalue weighted by Crippen LogP contribution is 2.31. The molecule has 2 unspecified atom stereocenters. The third kappa shape index (κ3) is 5.50. The maximum absolute atomic E-state index is 12.2. The summed E-state index contributed by atoms with van der Waals surface area (Å²) in [6.07, 6.45) is 5.06. The van der Waals surface area contributed by atoms with Gasteiger partial charge in [0.25, 0.3) is 5.91 Å². The molecule has 1 aromatic heterocycles. The van der Waals surface area contributed by atoms with E-state index in [0.717, 1.165) is 36.9 Å². The minimum Gasteiger partial charge on any atom is -0.497 e. The predicted molar refractivity (Wildman–Crippen MR) is 143 cm³/mol. The number of anilines is 2. The molecule has 0 spiro atoms. The molecule has 4 rings (SSSR count). The number of nitrogens with two attached hydrogens (primary N) is 1. The Bertz CT molecular complexity index is 1250. The van der Waals surface area contributed by atoms with Crippen molar-refractivity contribution in [3.8, 4) is 11.4 Å². The number of hydrogen-bond acceptors (Lipinski definition) is 7. The Balaban J connectivity index is 1.49. The fraction of sp³-hybridized carbons (Fsp3) is 0.357. The number of rotatable bonds is 11. The number of aromatic nitrogens is 2. The van der Waals surface area contributed by atoms with Gasteiger partial charge in [0, 0.05) is 49.5 Å². The first-order valence-corrected chi connectivity index (χ1v) is 12.4. The van der Waals surface area contributed by atoms with Crippen LogP contribution in [0.3, 0.4) is 0 Å². The quantitative estimate of drug-likeness (QED) is 0.400. The first-order valence-electron chi connectivity index (χ1n) is 12.4. The van der Waals surface area contributed by atoms with Crippen molar-refractivity contribution < 1.29 is 19.1 Å². The van der Waals surface area contributed by atoms with Crippen LogP contribution < -0.4 is 20.3 Å². The molecule has 37 heavy (non-hydrogen) atoms. The van der Waals surface area contributed by atoms with Gasteiger partial charge in [-0.1, -0.05) is 0 Å². The lowest BCUT2D eigenvalue weighted by molar-refractivity contribution is -0.110. The molecule has 1 saturated carbocycles. The molecule has 2 N–H and O–H groups in total. The van der Waals surface area contributed by atoms with Crippen LogP contribution in [0.2, 0.25) is 0 Å². The zero-order valence-electron chi connectivity index (χ0n) is 21.5. The zero-order chi connectivity index (χ0) is 26.5. The van der Waals surface area contributed by atoms with Crippen molar-refractivity contribution in [1.29, 1.82) is 0 Å². The fourth-order valence-electron chi connectivity index (χ4n) is 4.98. The van der Waals surface area contributed by atoms with E-state index < -0.39 is 5.91 Å². The number of aldehydes is 2. The van der Waals surface area contributed by atoms with Gasteiger partial charge in [0.05, 0.1) is 12.8 Å². The van der Waals surface area contributed by atoms with Crippen LogP contribution in [0.25, 0.3) is 5.69 Å². The van der Waals surface area contributed by atoms with Crippen molar-refractivity contribution in [2.24, 2.45) is 11.7 Å². The lowest BCUT2D eigenvalue weighted by Gasteiger charge is -2.27. The van der Waals surface area contributed by atoms with Crippen LogP contribution in [-0.2, 0) is 11.2 Å². The van der Waals surface area contributed by atoms with E-state index in [1.54, 1.807) is 31.4 Å². The molecule has 1 fully saturated rings. The Morgan fingerprint density at radius 1 is 1.08 bits per heavy atom. The van der Waals surface area contributed by atoms with Gasteiger partial charge in [0.2, 0.25) is 0 Å². The molecule has 1 aliphatic rings. The lowest BCUT2D eigenvalue weighted by atomic mass is 10.1. The summed E-state index contributed by atoms with van der Waals surface area (Å²) in [7, 11) is 5.61. The molecule has 0 radical (unpaired) electrons. The van der Waals surface area contributed by atoms with Crippen LogP contribution in [0.15, 0.2) is 48.5 Å². The molecule has 1 heterocycles. The standard InChI is InChI=1S/C28H33N5O4/c1-31(20-6-8-21(9-7-20)32(2)23-5-4-19(16-23)17-34)15-14-25-26(18-35)33(30-27(25)28(29)36)22-10-12-24(37-3)13-11-22/h6-13,17-19,23H,4-5,14-16H2,1-3H3,(H2,29,36). The molecular formula is C28H33N5O4. The van der Waals surface area contributed by atoms with E-state index in [-0.39, 0.29) is 11.6 Å². The second-order valence-corrected chi connectivity index (χ2v) is 9.47. The summed E-state index contributed by atoms with van der Waals surface area (Å²) in [5, 5.41) is 4.36. The van der Waals surface area contributed by atoms with Crippen molar-refractivity contribution in [1.82, 2.24) is 9.78 Å². The molecule has 9 heteroatoms. The van der Waals surface area contributed by atoms with Gasteiger partial charge in [-0.15, -0.1) is 0 Å². The molecular weight excluding hydrogens is 470 g/mol. The van der Waals surface area contributed by atoms with Crippen molar-refractivity contribution >= 4 is 29.9 Å². The van der Waals surface area contributed by atoms with Crippen molar-refractivity contribution in [2.45, 2.75) is 31.7 Å². The Kier molecular flexibility index (Phi) is 7.91. The largest absolute Gasteiger partial charge is 0.497 e. The number of carbonyl (C=O) groups is 3. The highest BCUT2D eigenvalue weighted by Gasteiger charge is 2.27. The molecule has 0 bridgehead atoms.